The van der Waals surface area contributed by atoms with E-state index in [1.165, 1.54) is 10.4 Å². The van der Waals surface area contributed by atoms with Gasteiger partial charge in [-0.05, 0) is 64.1 Å². The van der Waals surface area contributed by atoms with Crippen molar-refractivity contribution >= 4 is 18.7 Å². The maximum atomic E-state index is 10.9. The van der Waals surface area contributed by atoms with Gasteiger partial charge in [0.15, 0.2) is 6.29 Å². The van der Waals surface area contributed by atoms with Crippen molar-refractivity contribution in [2.75, 3.05) is 67.8 Å². The van der Waals surface area contributed by atoms with Crippen LogP contribution in [0.2, 0.25) is 5.04 Å². The third kappa shape index (κ3) is 7.40. The lowest BCUT2D eigenvalue weighted by molar-refractivity contribution is -0.373. The van der Waals surface area contributed by atoms with Crippen LogP contribution in [0.15, 0.2) is 84.0 Å². The summed E-state index contributed by atoms with van der Waals surface area (Å²) in [5.74, 6) is -0.706. The largest absolute Gasteiger partial charge is 0.407 e. The zero-order chi connectivity index (χ0) is 36.8. The number of aliphatic hydroxyl groups excluding tert-OH is 1. The Bertz CT molecular complexity index is 1450. The molecule has 1 spiro atoms. The van der Waals surface area contributed by atoms with Gasteiger partial charge in [-0.25, -0.2) is 0 Å². The second kappa shape index (κ2) is 17.0. The smallest absolute Gasteiger partial charge is 0.273 e. The van der Waals surface area contributed by atoms with Crippen molar-refractivity contribution in [1.29, 1.82) is 0 Å². The molecule has 4 aliphatic rings. The highest BCUT2D eigenvalue weighted by Gasteiger charge is 2.69. The summed E-state index contributed by atoms with van der Waals surface area (Å²) in [7, 11) is 1.90. The summed E-state index contributed by atoms with van der Waals surface area (Å²) >= 11 is 0. The quantitative estimate of drug-likeness (QED) is 0.0903. The van der Waals surface area contributed by atoms with E-state index in [2.05, 4.69) is 93.6 Å². The summed E-state index contributed by atoms with van der Waals surface area (Å²) in [5.41, 5.74) is 1.27. The highest BCUT2D eigenvalue weighted by molar-refractivity contribution is 6.99. The molecule has 0 radical (unpaired) electrons. The maximum absolute atomic E-state index is 10.9. The number of allylic oxidation sites excluding steroid dienone is 1. The van der Waals surface area contributed by atoms with Gasteiger partial charge in [-0.15, -0.1) is 0 Å². The van der Waals surface area contributed by atoms with E-state index in [9.17, 15) is 5.11 Å². The molecule has 11 heteroatoms. The van der Waals surface area contributed by atoms with Crippen LogP contribution in [-0.2, 0) is 42.3 Å². The Morgan fingerprint density at radius 1 is 0.885 bits per heavy atom. The maximum Gasteiger partial charge on any atom is 0.273 e. The number of methoxy groups -OCH3 is 3. The molecule has 0 amide bonds. The molecule has 1 N–H and O–H groups in total. The van der Waals surface area contributed by atoms with Crippen molar-refractivity contribution in [2.24, 2.45) is 23.2 Å². The summed E-state index contributed by atoms with van der Waals surface area (Å²) in [5, 5.41) is 13.1. The third-order valence-electron chi connectivity index (χ3n) is 11.5. The van der Waals surface area contributed by atoms with Gasteiger partial charge in [0.05, 0.1) is 38.4 Å². The van der Waals surface area contributed by atoms with E-state index in [-0.39, 0.29) is 36.2 Å². The fraction of sp³-hybridized carbons (Fsp3) is 0.610. The molecule has 2 fully saturated rings. The van der Waals surface area contributed by atoms with Gasteiger partial charge >= 0.3 is 0 Å². The Morgan fingerprint density at radius 3 is 2.17 bits per heavy atom. The van der Waals surface area contributed by atoms with Gasteiger partial charge in [-0.2, -0.15) is 0 Å². The van der Waals surface area contributed by atoms with Crippen molar-refractivity contribution in [3.05, 3.63) is 84.0 Å². The highest BCUT2D eigenvalue weighted by atomic mass is 28.4. The molecule has 6 rings (SSSR count). The fourth-order valence-corrected chi connectivity index (χ4v) is 13.8. The average molecular weight is 739 g/mol. The van der Waals surface area contributed by atoms with Crippen LogP contribution in [0, 0.1) is 23.2 Å². The molecule has 0 aromatic heterocycles. The van der Waals surface area contributed by atoms with E-state index in [1.807, 2.05) is 0 Å². The normalized spacial score (nSPS) is 28.5. The van der Waals surface area contributed by atoms with E-state index in [4.69, 9.17) is 42.3 Å². The third-order valence-corrected chi connectivity index (χ3v) is 16.5. The molecular formula is C41H58O10Si. The van der Waals surface area contributed by atoms with Gasteiger partial charge in [0, 0.05) is 33.9 Å². The van der Waals surface area contributed by atoms with Crippen molar-refractivity contribution in [1.82, 2.24) is 0 Å². The lowest BCUT2D eigenvalue weighted by Crippen LogP contribution is -2.66. The van der Waals surface area contributed by atoms with Gasteiger partial charge in [-0.3, -0.25) is 4.74 Å². The number of benzene rings is 2. The summed E-state index contributed by atoms with van der Waals surface area (Å²) in [6.07, 6.45) is 6.59. The zero-order valence-electron chi connectivity index (χ0n) is 31.7. The molecule has 5 bridgehead atoms. The molecule has 0 saturated carbocycles. The molecule has 6 atom stereocenters. The molecule has 10 nitrogen and oxygen atoms in total. The molecule has 2 aromatic rings. The molecule has 2 aliphatic carbocycles. The number of rotatable bonds is 19. The molecular weight excluding hydrogens is 681 g/mol. The van der Waals surface area contributed by atoms with E-state index in [1.54, 1.807) is 21.3 Å². The average Bonchev–Trinajstić information content (AvgIpc) is 3.34. The Hall–Kier alpha value is -2.26. The molecule has 2 aromatic carbocycles. The first-order valence-electron chi connectivity index (χ1n) is 18.6. The van der Waals surface area contributed by atoms with Crippen molar-refractivity contribution in [3.63, 3.8) is 0 Å². The first-order valence-corrected chi connectivity index (χ1v) is 20.6. The van der Waals surface area contributed by atoms with Gasteiger partial charge in [0.2, 0.25) is 5.79 Å². The minimum Gasteiger partial charge on any atom is -0.407 e. The Balaban J connectivity index is 1.39. The molecule has 2 heterocycles. The monoisotopic (exact) mass is 738 g/mol. The topological polar surface area (TPSA) is 103 Å². The standard InChI is InChI=1S/C41H58O10Si/c1-39(2,3)52(32-13-9-7-10-14-32,33-15-11-8-12-16-33)49-22-19-40-27-30(28-42)25-35-34-18-21-48-41(35,51-37(40)50-38(44-5)45-6)36(40)26-31(34)17-20-46-29-47-24-23-43-4/h7-16,25-26,31,34-35,37-38,42H,17-24,27-29H2,1-6H3/t31-,34+,35-,37?,40+,41-/m0/s1. The van der Waals surface area contributed by atoms with Crippen molar-refractivity contribution in [2.45, 2.75) is 70.0 Å². The molecule has 1 unspecified atom stereocenters. The summed E-state index contributed by atoms with van der Waals surface area (Å²) in [6.45, 7) is 8.61. The van der Waals surface area contributed by atoms with E-state index < -0.39 is 32.3 Å². The summed E-state index contributed by atoms with van der Waals surface area (Å²) in [4.78, 5) is 0. The zero-order valence-corrected chi connectivity index (χ0v) is 32.7. The minimum absolute atomic E-state index is 0.0683. The Morgan fingerprint density at radius 2 is 1.56 bits per heavy atom. The van der Waals surface area contributed by atoms with Gasteiger partial charge in [-0.1, -0.05) is 93.6 Å². The minimum atomic E-state index is -2.86. The Labute approximate surface area is 310 Å². The number of aliphatic hydroxyl groups is 1. The lowest BCUT2D eigenvalue weighted by atomic mass is 9.62. The number of hydrogen-bond donors (Lipinski definition) is 1. The van der Waals surface area contributed by atoms with Crippen LogP contribution >= 0.6 is 0 Å². The summed E-state index contributed by atoms with van der Waals surface area (Å²) in [6, 6.07) is 21.4. The highest BCUT2D eigenvalue weighted by Crippen LogP contribution is 2.66. The van der Waals surface area contributed by atoms with Crippen LogP contribution in [0.4, 0.5) is 0 Å². The number of hydrogen-bond acceptors (Lipinski definition) is 10. The summed E-state index contributed by atoms with van der Waals surface area (Å²) < 4.78 is 55.6. The first kappa shape index (κ1) is 39.4. The van der Waals surface area contributed by atoms with Gasteiger partial charge < -0.3 is 42.7 Å². The van der Waals surface area contributed by atoms with Crippen LogP contribution in [0.3, 0.4) is 0 Å². The van der Waals surface area contributed by atoms with Gasteiger partial charge in [0.25, 0.3) is 14.8 Å². The molecule has 52 heavy (non-hydrogen) atoms. The number of ether oxygens (including phenoxy) is 8. The Kier molecular flexibility index (Phi) is 12.9. The van der Waals surface area contributed by atoms with Crippen molar-refractivity contribution < 1.29 is 47.4 Å². The van der Waals surface area contributed by atoms with Crippen LogP contribution in [0.25, 0.3) is 0 Å². The van der Waals surface area contributed by atoms with E-state index in [0.717, 1.165) is 24.0 Å². The van der Waals surface area contributed by atoms with E-state index in [0.29, 0.717) is 45.9 Å². The van der Waals surface area contributed by atoms with E-state index >= 15 is 0 Å². The second-order valence-electron chi connectivity index (χ2n) is 15.4. The van der Waals surface area contributed by atoms with Crippen LogP contribution in [0.1, 0.15) is 46.5 Å². The van der Waals surface area contributed by atoms with Crippen LogP contribution < -0.4 is 10.4 Å². The molecule has 2 saturated heterocycles. The molecule has 2 aliphatic heterocycles. The fourth-order valence-electron chi connectivity index (χ4n) is 9.21. The predicted molar refractivity (Wildman–Crippen MR) is 199 cm³/mol. The van der Waals surface area contributed by atoms with Crippen molar-refractivity contribution in [3.8, 4) is 0 Å². The second-order valence-corrected chi connectivity index (χ2v) is 19.7. The van der Waals surface area contributed by atoms with Gasteiger partial charge in [0.1, 0.15) is 6.79 Å². The lowest BCUT2D eigenvalue weighted by Gasteiger charge is -2.50. The van der Waals surface area contributed by atoms with Crippen LogP contribution in [0.5, 0.6) is 0 Å². The first-order chi connectivity index (χ1) is 25.2. The van der Waals surface area contributed by atoms with Crippen LogP contribution in [-0.4, -0.2) is 99.7 Å². The predicted octanol–water partition coefficient (Wildman–Crippen LogP) is 5.14. The SMILES string of the molecule is COCCOCOCC[C@H]1C=C2[C@@]3(CCO[Si](c4ccccc4)(c4ccccc4)C(C)(C)C)CC(CO)=C[C@H]4[C@@H]1CCO[C@@]24OC3OC(OC)OC. The molecule has 286 valence electrons.